The van der Waals surface area contributed by atoms with E-state index in [-0.39, 0.29) is 12.6 Å². The number of aliphatic hydroxyl groups is 1. The van der Waals surface area contributed by atoms with Crippen LogP contribution in [0, 0.1) is 12.8 Å². The molecule has 3 unspecified atom stereocenters. The molecule has 106 valence electrons. The molecule has 19 heavy (non-hydrogen) atoms. The molecule has 3 atom stereocenters. The van der Waals surface area contributed by atoms with Crippen LogP contribution in [0.4, 0.5) is 0 Å². The molecule has 3 N–H and O–H groups in total. The molecule has 0 radical (unpaired) electrons. The van der Waals surface area contributed by atoms with Crippen molar-refractivity contribution in [2.45, 2.75) is 38.8 Å². The largest absolute Gasteiger partial charge is 0.395 e. The molecular formula is C16H26N2O. The summed E-state index contributed by atoms with van der Waals surface area (Å²) in [5.41, 5.74) is 8.73. The average Bonchev–Trinajstić information content (AvgIpc) is 2.77. The molecule has 0 spiro atoms. The molecule has 1 aromatic carbocycles. The highest BCUT2D eigenvalue weighted by Crippen LogP contribution is 2.25. The lowest BCUT2D eigenvalue weighted by Gasteiger charge is -2.26. The van der Waals surface area contributed by atoms with E-state index in [4.69, 9.17) is 5.73 Å². The summed E-state index contributed by atoms with van der Waals surface area (Å²) in [6.07, 6.45) is 2.14. The molecule has 2 rings (SSSR count). The lowest BCUT2D eigenvalue weighted by Crippen LogP contribution is -2.36. The summed E-state index contributed by atoms with van der Waals surface area (Å²) in [6, 6.07) is 8.89. The normalized spacial score (nSPS) is 25.7. The highest BCUT2D eigenvalue weighted by molar-refractivity contribution is 5.23. The van der Waals surface area contributed by atoms with Gasteiger partial charge >= 0.3 is 0 Å². The standard InChI is InChI=1S/C16H26N2O/c1-12-3-5-14(6-4-12)15(17)8-10-18-9-7-13(2)16(18)11-19/h3-6,13,15-16,19H,7-11,17H2,1-2H3. The molecule has 1 aliphatic rings. The van der Waals surface area contributed by atoms with Crippen LogP contribution in [0.2, 0.25) is 0 Å². The molecule has 3 nitrogen and oxygen atoms in total. The van der Waals surface area contributed by atoms with E-state index in [1.807, 2.05) is 0 Å². The van der Waals surface area contributed by atoms with Gasteiger partial charge in [0.25, 0.3) is 0 Å². The van der Waals surface area contributed by atoms with Gasteiger partial charge in [-0.05, 0) is 37.8 Å². The van der Waals surface area contributed by atoms with Crippen LogP contribution in [-0.4, -0.2) is 35.7 Å². The smallest absolute Gasteiger partial charge is 0.0589 e. The van der Waals surface area contributed by atoms with E-state index in [2.05, 4.69) is 43.0 Å². The summed E-state index contributed by atoms with van der Waals surface area (Å²) in [4.78, 5) is 2.39. The maximum absolute atomic E-state index is 9.45. The van der Waals surface area contributed by atoms with Crippen LogP contribution in [0.3, 0.4) is 0 Å². The molecule has 0 aromatic heterocycles. The fourth-order valence-corrected chi connectivity index (χ4v) is 2.95. The summed E-state index contributed by atoms with van der Waals surface area (Å²) >= 11 is 0. The van der Waals surface area contributed by atoms with Gasteiger partial charge in [-0.3, -0.25) is 4.90 Å². The van der Waals surface area contributed by atoms with Crippen molar-refractivity contribution in [2.75, 3.05) is 19.7 Å². The quantitative estimate of drug-likeness (QED) is 0.854. The first kappa shape index (κ1) is 14.5. The van der Waals surface area contributed by atoms with Gasteiger partial charge in [0.15, 0.2) is 0 Å². The molecule has 1 heterocycles. The summed E-state index contributed by atoms with van der Waals surface area (Å²) in [6.45, 7) is 6.64. The predicted molar refractivity (Wildman–Crippen MR) is 79.0 cm³/mol. The Bertz CT molecular complexity index is 390. The van der Waals surface area contributed by atoms with E-state index in [1.54, 1.807) is 0 Å². The summed E-state index contributed by atoms with van der Waals surface area (Å²) in [7, 11) is 0. The Hall–Kier alpha value is -0.900. The van der Waals surface area contributed by atoms with Crippen molar-refractivity contribution in [3.8, 4) is 0 Å². The van der Waals surface area contributed by atoms with Crippen LogP contribution in [-0.2, 0) is 0 Å². The molecule has 1 fully saturated rings. The van der Waals surface area contributed by atoms with Crippen LogP contribution >= 0.6 is 0 Å². The second-order valence-electron chi connectivity index (χ2n) is 5.86. The summed E-state index contributed by atoms with van der Waals surface area (Å²) in [5, 5.41) is 9.45. The minimum Gasteiger partial charge on any atom is -0.395 e. The van der Waals surface area contributed by atoms with Crippen LogP contribution in [0.15, 0.2) is 24.3 Å². The molecule has 1 saturated heterocycles. The third-order valence-corrected chi connectivity index (χ3v) is 4.42. The lowest BCUT2D eigenvalue weighted by atomic mass is 10.0. The van der Waals surface area contributed by atoms with E-state index in [0.717, 1.165) is 19.5 Å². The Balaban J connectivity index is 1.86. The average molecular weight is 262 g/mol. The van der Waals surface area contributed by atoms with Crippen LogP contribution < -0.4 is 5.73 Å². The molecule has 1 aliphatic heterocycles. The third kappa shape index (κ3) is 3.56. The van der Waals surface area contributed by atoms with Crippen molar-refractivity contribution in [2.24, 2.45) is 11.7 Å². The highest BCUT2D eigenvalue weighted by atomic mass is 16.3. The Morgan fingerprint density at radius 2 is 2.05 bits per heavy atom. The minimum atomic E-state index is 0.0934. The molecule has 0 amide bonds. The number of nitrogens with two attached hydrogens (primary N) is 1. The number of aryl methyl sites for hydroxylation is 1. The molecular weight excluding hydrogens is 236 g/mol. The zero-order chi connectivity index (χ0) is 13.8. The number of aliphatic hydroxyl groups excluding tert-OH is 1. The fraction of sp³-hybridized carbons (Fsp3) is 0.625. The zero-order valence-electron chi connectivity index (χ0n) is 12.0. The third-order valence-electron chi connectivity index (χ3n) is 4.42. The Labute approximate surface area is 116 Å². The van der Waals surface area contributed by atoms with Crippen LogP contribution in [0.1, 0.15) is 36.9 Å². The van der Waals surface area contributed by atoms with Crippen molar-refractivity contribution < 1.29 is 5.11 Å². The first-order chi connectivity index (χ1) is 9.11. The molecule has 3 heteroatoms. The first-order valence-electron chi connectivity index (χ1n) is 7.29. The summed E-state index contributed by atoms with van der Waals surface area (Å²) in [5.74, 6) is 0.598. The van der Waals surface area contributed by atoms with Gasteiger partial charge in [-0.1, -0.05) is 36.8 Å². The number of hydrogen-bond acceptors (Lipinski definition) is 3. The van der Waals surface area contributed by atoms with E-state index >= 15 is 0 Å². The Morgan fingerprint density at radius 1 is 1.37 bits per heavy atom. The van der Waals surface area contributed by atoms with Crippen LogP contribution in [0.5, 0.6) is 0 Å². The summed E-state index contributed by atoms with van der Waals surface area (Å²) < 4.78 is 0. The van der Waals surface area contributed by atoms with Gasteiger partial charge in [-0.15, -0.1) is 0 Å². The van der Waals surface area contributed by atoms with Crippen molar-refractivity contribution >= 4 is 0 Å². The van der Waals surface area contributed by atoms with Crippen molar-refractivity contribution in [3.63, 3.8) is 0 Å². The topological polar surface area (TPSA) is 49.5 Å². The molecule has 0 aliphatic carbocycles. The second-order valence-corrected chi connectivity index (χ2v) is 5.86. The monoisotopic (exact) mass is 262 g/mol. The minimum absolute atomic E-state index is 0.0934. The molecule has 1 aromatic rings. The Kier molecular flexibility index (Phi) is 4.97. The highest BCUT2D eigenvalue weighted by Gasteiger charge is 2.30. The number of hydrogen-bond donors (Lipinski definition) is 2. The fourth-order valence-electron chi connectivity index (χ4n) is 2.95. The predicted octanol–water partition coefficient (Wildman–Crippen LogP) is 2.09. The van der Waals surface area contributed by atoms with Crippen molar-refractivity contribution in [3.05, 3.63) is 35.4 Å². The van der Waals surface area contributed by atoms with Crippen molar-refractivity contribution in [1.29, 1.82) is 0 Å². The molecule has 0 saturated carbocycles. The van der Waals surface area contributed by atoms with Gasteiger partial charge in [0.1, 0.15) is 0 Å². The Morgan fingerprint density at radius 3 is 2.68 bits per heavy atom. The van der Waals surface area contributed by atoms with Crippen LogP contribution in [0.25, 0.3) is 0 Å². The van der Waals surface area contributed by atoms with Gasteiger partial charge in [-0.25, -0.2) is 0 Å². The lowest BCUT2D eigenvalue weighted by molar-refractivity contribution is 0.136. The number of benzene rings is 1. The number of likely N-dealkylation sites (tertiary alicyclic amines) is 1. The number of rotatable bonds is 5. The van der Waals surface area contributed by atoms with Crippen molar-refractivity contribution in [1.82, 2.24) is 4.90 Å². The SMILES string of the molecule is Cc1ccc(C(N)CCN2CCC(C)C2CO)cc1. The van der Waals surface area contributed by atoms with Gasteiger partial charge in [0.2, 0.25) is 0 Å². The maximum Gasteiger partial charge on any atom is 0.0589 e. The van der Waals surface area contributed by atoms with E-state index in [0.29, 0.717) is 12.0 Å². The van der Waals surface area contributed by atoms with Gasteiger partial charge in [-0.2, -0.15) is 0 Å². The maximum atomic E-state index is 9.45. The van der Waals surface area contributed by atoms with Gasteiger partial charge < -0.3 is 10.8 Å². The van der Waals surface area contributed by atoms with Gasteiger partial charge in [0, 0.05) is 18.6 Å². The molecule has 0 bridgehead atoms. The zero-order valence-corrected chi connectivity index (χ0v) is 12.0. The first-order valence-corrected chi connectivity index (χ1v) is 7.29. The second kappa shape index (κ2) is 6.51. The van der Waals surface area contributed by atoms with Gasteiger partial charge in [0.05, 0.1) is 6.61 Å². The van der Waals surface area contributed by atoms with E-state index < -0.39 is 0 Å². The van der Waals surface area contributed by atoms with E-state index in [1.165, 1.54) is 17.5 Å². The number of nitrogens with zero attached hydrogens (tertiary/aromatic N) is 1. The van der Waals surface area contributed by atoms with E-state index in [9.17, 15) is 5.11 Å².